The molecule has 1 atom stereocenters. The number of esters is 1. The molecular formula is C12H16F2N2O2. The molecule has 0 aromatic rings. The van der Waals surface area contributed by atoms with E-state index in [0.717, 1.165) is 0 Å². The van der Waals surface area contributed by atoms with Gasteiger partial charge in [-0.15, -0.1) is 0 Å². The average Bonchev–Trinajstić information content (AvgIpc) is 2.83. The molecule has 3 N–H and O–H groups in total. The summed E-state index contributed by atoms with van der Waals surface area (Å²) >= 11 is 0. The van der Waals surface area contributed by atoms with Crippen LogP contribution in [-0.2, 0) is 9.53 Å². The third-order valence-electron chi connectivity index (χ3n) is 3.77. The van der Waals surface area contributed by atoms with Crippen LogP contribution in [0.5, 0.6) is 0 Å². The molecule has 18 heavy (non-hydrogen) atoms. The number of ether oxygens (including phenoxy) is 1. The zero-order valence-corrected chi connectivity index (χ0v) is 10.2. The topological polar surface area (TPSA) is 76.2 Å². The summed E-state index contributed by atoms with van der Waals surface area (Å²) in [7, 11) is 0. The van der Waals surface area contributed by atoms with Crippen molar-refractivity contribution in [2.75, 3.05) is 6.61 Å². The normalized spacial score (nSPS) is 29.3. The van der Waals surface area contributed by atoms with E-state index in [4.69, 9.17) is 15.9 Å². The number of alkyl halides is 2. The second kappa shape index (κ2) is 4.03. The van der Waals surface area contributed by atoms with Crippen molar-refractivity contribution in [3.63, 3.8) is 0 Å². The lowest BCUT2D eigenvalue weighted by atomic mass is 9.82. The van der Waals surface area contributed by atoms with E-state index >= 15 is 0 Å². The Morgan fingerprint density at radius 3 is 2.67 bits per heavy atom. The van der Waals surface area contributed by atoms with Gasteiger partial charge in [-0.1, -0.05) is 0 Å². The van der Waals surface area contributed by atoms with Crippen LogP contribution in [0.1, 0.15) is 32.6 Å². The number of rotatable bonds is 3. The lowest BCUT2D eigenvalue weighted by Crippen LogP contribution is -2.28. The van der Waals surface area contributed by atoms with E-state index in [1.165, 1.54) is 0 Å². The van der Waals surface area contributed by atoms with Gasteiger partial charge in [-0.2, -0.15) is 0 Å². The van der Waals surface area contributed by atoms with Crippen LogP contribution in [0.3, 0.4) is 0 Å². The molecule has 0 heterocycles. The zero-order valence-electron chi connectivity index (χ0n) is 10.2. The molecule has 1 fully saturated rings. The smallest absolute Gasteiger partial charge is 0.356 e. The zero-order chi connectivity index (χ0) is 13.6. The molecule has 0 aromatic heterocycles. The van der Waals surface area contributed by atoms with Crippen LogP contribution in [0.2, 0.25) is 0 Å². The first-order valence-corrected chi connectivity index (χ1v) is 5.94. The first-order chi connectivity index (χ1) is 8.33. The van der Waals surface area contributed by atoms with Gasteiger partial charge in [0, 0.05) is 23.1 Å². The van der Waals surface area contributed by atoms with E-state index in [0.29, 0.717) is 18.5 Å². The fraction of sp³-hybridized carbons (Fsp3) is 0.667. The number of nitrogens with one attached hydrogen (secondary N) is 1. The maximum Gasteiger partial charge on any atom is 0.356 e. The summed E-state index contributed by atoms with van der Waals surface area (Å²) in [6.07, 6.45) is 0.467. The Balaban J connectivity index is 2.17. The second-order valence-corrected chi connectivity index (χ2v) is 4.94. The van der Waals surface area contributed by atoms with Gasteiger partial charge in [-0.25, -0.2) is 13.6 Å². The molecule has 2 aliphatic carbocycles. The van der Waals surface area contributed by atoms with Crippen LogP contribution in [0.15, 0.2) is 11.3 Å². The van der Waals surface area contributed by atoms with Crippen molar-refractivity contribution < 1.29 is 18.3 Å². The second-order valence-electron chi connectivity index (χ2n) is 4.94. The highest BCUT2D eigenvalue weighted by molar-refractivity contribution is 6.42. The number of allylic oxidation sites excluding steroid dienone is 1. The van der Waals surface area contributed by atoms with E-state index in [9.17, 15) is 13.6 Å². The van der Waals surface area contributed by atoms with Crippen molar-refractivity contribution in [3.8, 4) is 0 Å². The quantitative estimate of drug-likeness (QED) is 0.600. The molecule has 0 saturated heterocycles. The highest BCUT2D eigenvalue weighted by atomic mass is 19.3. The standard InChI is InChI=1S/C12H16F2N2O2/c1-2-18-10(17)9(16)7-5-11(4-3-8(7)15)6-12(11,13)14/h16H,2-6,15H2,1H3. The minimum Gasteiger partial charge on any atom is -0.461 e. The predicted octanol–water partition coefficient (Wildman–Crippen LogP) is 1.99. The number of carbonyl (C=O) groups is 1. The summed E-state index contributed by atoms with van der Waals surface area (Å²) in [5, 5.41) is 7.70. The fourth-order valence-corrected chi connectivity index (χ4v) is 2.48. The molecule has 1 unspecified atom stereocenters. The Hall–Kier alpha value is -1.46. The van der Waals surface area contributed by atoms with Gasteiger partial charge in [0.1, 0.15) is 5.71 Å². The molecule has 0 aromatic carbocycles. The molecular weight excluding hydrogens is 242 g/mol. The van der Waals surface area contributed by atoms with Crippen molar-refractivity contribution in [1.82, 2.24) is 0 Å². The van der Waals surface area contributed by atoms with Gasteiger partial charge >= 0.3 is 5.97 Å². The molecule has 100 valence electrons. The van der Waals surface area contributed by atoms with E-state index in [-0.39, 0.29) is 30.7 Å². The Morgan fingerprint density at radius 2 is 2.17 bits per heavy atom. The van der Waals surface area contributed by atoms with Gasteiger partial charge in [0.05, 0.1) is 6.61 Å². The van der Waals surface area contributed by atoms with Crippen molar-refractivity contribution in [1.29, 1.82) is 5.41 Å². The lowest BCUT2D eigenvalue weighted by Gasteiger charge is -2.25. The van der Waals surface area contributed by atoms with Crippen LogP contribution in [0.25, 0.3) is 0 Å². The van der Waals surface area contributed by atoms with E-state index < -0.39 is 17.3 Å². The Labute approximate surface area is 104 Å². The number of carbonyl (C=O) groups excluding carboxylic acids is 1. The minimum absolute atomic E-state index is 0.00345. The molecule has 1 saturated carbocycles. The summed E-state index contributed by atoms with van der Waals surface area (Å²) in [4.78, 5) is 11.5. The predicted molar refractivity (Wildman–Crippen MR) is 61.4 cm³/mol. The third-order valence-corrected chi connectivity index (χ3v) is 3.77. The first kappa shape index (κ1) is 13.0. The van der Waals surface area contributed by atoms with Gasteiger partial charge in [-0.3, -0.25) is 5.41 Å². The molecule has 0 aliphatic heterocycles. The monoisotopic (exact) mass is 258 g/mol. The van der Waals surface area contributed by atoms with Crippen LogP contribution in [0.4, 0.5) is 8.78 Å². The van der Waals surface area contributed by atoms with E-state index in [2.05, 4.69) is 0 Å². The average molecular weight is 258 g/mol. The first-order valence-electron chi connectivity index (χ1n) is 5.94. The van der Waals surface area contributed by atoms with Gasteiger partial charge in [0.25, 0.3) is 5.92 Å². The van der Waals surface area contributed by atoms with Gasteiger partial charge < -0.3 is 10.5 Å². The molecule has 0 amide bonds. The van der Waals surface area contributed by atoms with Crippen LogP contribution >= 0.6 is 0 Å². The van der Waals surface area contributed by atoms with Gasteiger partial charge in [0.15, 0.2) is 0 Å². The van der Waals surface area contributed by atoms with Crippen molar-refractivity contribution in [2.24, 2.45) is 11.1 Å². The molecule has 6 heteroatoms. The molecule has 2 rings (SSSR count). The number of nitrogens with two attached hydrogens (primary N) is 1. The molecule has 1 spiro atoms. The van der Waals surface area contributed by atoms with Crippen molar-refractivity contribution >= 4 is 11.7 Å². The van der Waals surface area contributed by atoms with E-state index in [1.54, 1.807) is 6.92 Å². The van der Waals surface area contributed by atoms with Gasteiger partial charge in [-0.05, 0) is 26.2 Å². The highest BCUT2D eigenvalue weighted by Gasteiger charge is 2.71. The summed E-state index contributed by atoms with van der Waals surface area (Å²) in [6, 6.07) is 0. The van der Waals surface area contributed by atoms with Crippen molar-refractivity contribution in [2.45, 2.75) is 38.5 Å². The maximum absolute atomic E-state index is 13.3. The minimum atomic E-state index is -2.69. The fourth-order valence-electron chi connectivity index (χ4n) is 2.48. The Morgan fingerprint density at radius 1 is 1.56 bits per heavy atom. The summed E-state index contributed by atoms with van der Waals surface area (Å²) in [5.74, 6) is -3.48. The Kier molecular flexibility index (Phi) is 2.91. The summed E-state index contributed by atoms with van der Waals surface area (Å²) in [5.41, 5.74) is 4.88. The van der Waals surface area contributed by atoms with Crippen LogP contribution in [-0.4, -0.2) is 24.2 Å². The number of hydrogen-bond acceptors (Lipinski definition) is 4. The highest BCUT2D eigenvalue weighted by Crippen LogP contribution is 2.67. The SMILES string of the molecule is CCOC(=O)C(=N)C1=C(N)CCC2(C1)CC2(F)F. The third kappa shape index (κ3) is 1.89. The van der Waals surface area contributed by atoms with Crippen LogP contribution < -0.4 is 5.73 Å². The lowest BCUT2D eigenvalue weighted by molar-refractivity contribution is -0.135. The summed E-state index contributed by atoms with van der Waals surface area (Å²) in [6.45, 7) is 1.77. The van der Waals surface area contributed by atoms with Crippen molar-refractivity contribution in [3.05, 3.63) is 11.3 Å². The summed E-state index contributed by atoms with van der Waals surface area (Å²) < 4.78 is 31.4. The number of hydrogen-bond donors (Lipinski definition) is 2. The van der Waals surface area contributed by atoms with Crippen LogP contribution in [0, 0.1) is 10.8 Å². The van der Waals surface area contributed by atoms with Gasteiger partial charge in [0.2, 0.25) is 0 Å². The largest absolute Gasteiger partial charge is 0.461 e. The molecule has 2 aliphatic rings. The molecule has 0 radical (unpaired) electrons. The maximum atomic E-state index is 13.3. The molecule has 4 nitrogen and oxygen atoms in total. The van der Waals surface area contributed by atoms with E-state index in [1.807, 2.05) is 0 Å². The molecule has 0 bridgehead atoms. The number of halogens is 2. The Bertz CT molecular complexity index is 445.